The van der Waals surface area contributed by atoms with Gasteiger partial charge in [-0.3, -0.25) is 4.79 Å². The summed E-state index contributed by atoms with van der Waals surface area (Å²) < 4.78 is -1.98. The van der Waals surface area contributed by atoms with Crippen LogP contribution in [0.5, 0.6) is 0 Å². The number of nitrogens with one attached hydrogen (secondary N) is 1. The SMILES string of the molecule is N#CCNC(=O)C(Cl)(Cl)Cl. The van der Waals surface area contributed by atoms with Gasteiger partial charge in [-0.15, -0.1) is 0 Å². The number of carbonyl (C=O) groups excluding carboxylic acids is 1. The third-order valence-electron chi connectivity index (χ3n) is 0.585. The van der Waals surface area contributed by atoms with Gasteiger partial charge in [-0.25, -0.2) is 0 Å². The van der Waals surface area contributed by atoms with Crippen molar-refractivity contribution in [2.45, 2.75) is 3.79 Å². The van der Waals surface area contributed by atoms with Crippen molar-refractivity contribution in [3.05, 3.63) is 0 Å². The highest BCUT2D eigenvalue weighted by atomic mass is 35.6. The van der Waals surface area contributed by atoms with Crippen molar-refractivity contribution >= 4 is 40.7 Å². The number of nitriles is 1. The second kappa shape index (κ2) is 3.87. The van der Waals surface area contributed by atoms with E-state index in [1.807, 2.05) is 0 Å². The third kappa shape index (κ3) is 3.78. The number of rotatable bonds is 1. The van der Waals surface area contributed by atoms with Crippen LogP contribution < -0.4 is 5.32 Å². The zero-order valence-corrected chi connectivity index (χ0v) is 6.96. The molecule has 56 valence electrons. The minimum Gasteiger partial charge on any atom is -0.339 e. The van der Waals surface area contributed by atoms with Gasteiger partial charge in [0.25, 0.3) is 9.70 Å². The Labute approximate surface area is 72.8 Å². The first-order valence-corrected chi connectivity index (χ1v) is 3.34. The predicted octanol–water partition coefficient (Wildman–Crippen LogP) is 0.996. The van der Waals surface area contributed by atoms with Crippen LogP contribution in [-0.4, -0.2) is 16.2 Å². The van der Waals surface area contributed by atoms with Gasteiger partial charge in [0.2, 0.25) is 0 Å². The Hall–Kier alpha value is -0.170. The van der Waals surface area contributed by atoms with Crippen molar-refractivity contribution in [3.63, 3.8) is 0 Å². The fourth-order valence-electron chi connectivity index (χ4n) is 0.220. The van der Waals surface area contributed by atoms with E-state index < -0.39 is 9.70 Å². The lowest BCUT2D eigenvalue weighted by Gasteiger charge is -2.07. The van der Waals surface area contributed by atoms with Gasteiger partial charge in [-0.1, -0.05) is 34.8 Å². The van der Waals surface area contributed by atoms with Crippen molar-refractivity contribution in [2.75, 3.05) is 6.54 Å². The summed E-state index contributed by atoms with van der Waals surface area (Å²) in [6.07, 6.45) is 0. The van der Waals surface area contributed by atoms with Gasteiger partial charge in [0.05, 0.1) is 6.07 Å². The Bertz CT molecular complexity index is 168. The fourth-order valence-corrected chi connectivity index (χ4v) is 0.420. The van der Waals surface area contributed by atoms with E-state index in [9.17, 15) is 4.79 Å². The molecule has 0 rings (SSSR count). The molecule has 0 fully saturated rings. The highest BCUT2D eigenvalue weighted by Crippen LogP contribution is 2.25. The second-order valence-corrected chi connectivity index (χ2v) is 3.62. The minimum absolute atomic E-state index is 0.160. The van der Waals surface area contributed by atoms with E-state index in [1.54, 1.807) is 6.07 Å². The van der Waals surface area contributed by atoms with Crippen LogP contribution in [0.1, 0.15) is 0 Å². The summed E-state index contributed by atoms with van der Waals surface area (Å²) in [4.78, 5) is 10.6. The van der Waals surface area contributed by atoms with E-state index in [-0.39, 0.29) is 6.54 Å². The molecule has 0 bridgehead atoms. The first-order chi connectivity index (χ1) is 4.48. The summed E-state index contributed by atoms with van der Waals surface area (Å²) in [5.41, 5.74) is 0. The number of hydrogen-bond acceptors (Lipinski definition) is 2. The highest BCUT2D eigenvalue weighted by Gasteiger charge is 2.29. The molecule has 0 aliphatic carbocycles. The summed E-state index contributed by atoms with van der Waals surface area (Å²) >= 11 is 15.4. The standard InChI is InChI=1S/C4H3Cl3N2O/c5-4(6,7)3(10)9-2-1-8/h2H2,(H,9,10). The van der Waals surface area contributed by atoms with Crippen LogP contribution in [-0.2, 0) is 4.79 Å². The van der Waals surface area contributed by atoms with Crippen LogP contribution in [0.2, 0.25) is 0 Å². The number of nitrogens with zero attached hydrogens (tertiary/aromatic N) is 1. The largest absolute Gasteiger partial charge is 0.339 e. The minimum atomic E-state index is -1.98. The number of halogens is 3. The maximum atomic E-state index is 10.6. The Balaban J connectivity index is 3.78. The number of carbonyl (C=O) groups is 1. The first-order valence-electron chi connectivity index (χ1n) is 2.20. The number of amides is 1. The number of hydrogen-bond donors (Lipinski definition) is 1. The summed E-state index contributed by atoms with van der Waals surface area (Å²) in [5, 5.41) is 10.1. The van der Waals surface area contributed by atoms with Crippen LogP contribution in [0.25, 0.3) is 0 Å². The monoisotopic (exact) mass is 200 g/mol. The zero-order chi connectivity index (χ0) is 8.20. The summed E-state index contributed by atoms with van der Waals surface area (Å²) in [7, 11) is 0. The summed E-state index contributed by atoms with van der Waals surface area (Å²) in [6, 6.07) is 1.66. The van der Waals surface area contributed by atoms with Gasteiger partial charge in [0, 0.05) is 0 Å². The first kappa shape index (κ1) is 9.83. The molecule has 0 aromatic rings. The molecular weight excluding hydrogens is 198 g/mol. The van der Waals surface area contributed by atoms with Crippen LogP contribution in [0.3, 0.4) is 0 Å². The Morgan fingerprint density at radius 1 is 1.60 bits per heavy atom. The molecule has 0 saturated carbocycles. The second-order valence-electron chi connectivity index (χ2n) is 1.34. The van der Waals surface area contributed by atoms with Crippen LogP contribution in [0.4, 0.5) is 0 Å². The van der Waals surface area contributed by atoms with E-state index >= 15 is 0 Å². The van der Waals surface area contributed by atoms with Crippen molar-refractivity contribution in [3.8, 4) is 6.07 Å². The summed E-state index contributed by atoms with van der Waals surface area (Å²) in [5.74, 6) is -0.793. The van der Waals surface area contributed by atoms with E-state index in [2.05, 4.69) is 5.32 Å². The molecule has 0 heterocycles. The average molecular weight is 201 g/mol. The van der Waals surface area contributed by atoms with Gasteiger partial charge >= 0.3 is 0 Å². The van der Waals surface area contributed by atoms with Gasteiger partial charge in [0.1, 0.15) is 6.54 Å². The van der Waals surface area contributed by atoms with Crippen molar-refractivity contribution in [1.29, 1.82) is 5.26 Å². The summed E-state index contributed by atoms with van der Waals surface area (Å²) in [6.45, 7) is -0.160. The molecule has 0 aliphatic rings. The molecule has 0 atom stereocenters. The molecule has 0 aromatic carbocycles. The maximum Gasteiger partial charge on any atom is 0.272 e. The van der Waals surface area contributed by atoms with Crippen molar-refractivity contribution in [1.82, 2.24) is 5.32 Å². The molecule has 0 aromatic heterocycles. The number of alkyl halides is 3. The topological polar surface area (TPSA) is 52.9 Å². The molecule has 0 radical (unpaired) electrons. The molecule has 0 aliphatic heterocycles. The maximum absolute atomic E-state index is 10.6. The molecule has 0 unspecified atom stereocenters. The van der Waals surface area contributed by atoms with E-state index in [4.69, 9.17) is 40.1 Å². The van der Waals surface area contributed by atoms with Gasteiger partial charge in [-0.2, -0.15) is 5.26 Å². The lowest BCUT2D eigenvalue weighted by atomic mass is 10.6. The molecule has 1 N–H and O–H groups in total. The average Bonchev–Trinajstić information content (AvgIpc) is 1.80. The predicted molar refractivity (Wildman–Crippen MR) is 38.9 cm³/mol. The Morgan fingerprint density at radius 3 is 2.40 bits per heavy atom. The third-order valence-corrected chi connectivity index (χ3v) is 1.10. The Morgan fingerprint density at radius 2 is 2.10 bits per heavy atom. The lowest BCUT2D eigenvalue weighted by molar-refractivity contribution is -0.119. The van der Waals surface area contributed by atoms with Gasteiger partial charge in [-0.05, 0) is 0 Å². The van der Waals surface area contributed by atoms with Gasteiger partial charge in [0.15, 0.2) is 0 Å². The fraction of sp³-hybridized carbons (Fsp3) is 0.500. The molecule has 0 spiro atoms. The molecule has 3 nitrogen and oxygen atoms in total. The normalized spacial score (nSPS) is 10.2. The van der Waals surface area contributed by atoms with Crippen molar-refractivity contribution < 1.29 is 4.79 Å². The van der Waals surface area contributed by atoms with E-state index in [0.717, 1.165) is 0 Å². The molecule has 10 heavy (non-hydrogen) atoms. The van der Waals surface area contributed by atoms with Crippen LogP contribution >= 0.6 is 34.8 Å². The molecular formula is C4H3Cl3N2O. The van der Waals surface area contributed by atoms with E-state index in [1.165, 1.54) is 0 Å². The Kier molecular flexibility index (Phi) is 3.80. The van der Waals surface area contributed by atoms with Gasteiger partial charge < -0.3 is 5.32 Å². The van der Waals surface area contributed by atoms with E-state index in [0.29, 0.717) is 0 Å². The highest BCUT2D eigenvalue weighted by molar-refractivity contribution is 6.76. The molecule has 0 saturated heterocycles. The zero-order valence-electron chi connectivity index (χ0n) is 4.70. The van der Waals surface area contributed by atoms with Crippen molar-refractivity contribution in [2.24, 2.45) is 0 Å². The molecule has 1 amide bonds. The smallest absolute Gasteiger partial charge is 0.272 e. The molecule has 6 heteroatoms. The quantitative estimate of drug-likeness (QED) is 0.508. The van der Waals surface area contributed by atoms with Crippen LogP contribution in [0, 0.1) is 11.3 Å². The van der Waals surface area contributed by atoms with Crippen LogP contribution in [0.15, 0.2) is 0 Å². The lowest BCUT2D eigenvalue weighted by Crippen LogP contribution is -2.34.